The Morgan fingerprint density at radius 1 is 1.44 bits per heavy atom. The van der Waals surface area contributed by atoms with Gasteiger partial charge in [-0.1, -0.05) is 25.1 Å². The SMILES string of the molecule is CCC(=CCn1cnc2ccccc21)C(=O)OC. The average molecular weight is 244 g/mol. The van der Waals surface area contributed by atoms with Crippen LogP contribution in [0.4, 0.5) is 0 Å². The predicted octanol–water partition coefficient (Wildman–Crippen LogP) is 2.55. The molecule has 1 aromatic heterocycles. The third-order valence-electron chi connectivity index (χ3n) is 2.89. The third kappa shape index (κ3) is 2.42. The molecule has 0 spiro atoms. The molecule has 1 heterocycles. The molecule has 0 bridgehead atoms. The van der Waals surface area contributed by atoms with Crippen molar-refractivity contribution in [1.29, 1.82) is 0 Å². The normalized spacial score (nSPS) is 11.8. The topological polar surface area (TPSA) is 44.1 Å². The molecular weight excluding hydrogens is 228 g/mol. The van der Waals surface area contributed by atoms with Gasteiger partial charge >= 0.3 is 5.97 Å². The van der Waals surface area contributed by atoms with Crippen molar-refractivity contribution < 1.29 is 9.53 Å². The van der Waals surface area contributed by atoms with Gasteiger partial charge in [0.25, 0.3) is 0 Å². The zero-order valence-corrected chi connectivity index (χ0v) is 10.6. The predicted molar refractivity (Wildman–Crippen MR) is 70.1 cm³/mol. The molecule has 0 N–H and O–H groups in total. The Morgan fingerprint density at radius 2 is 2.22 bits per heavy atom. The van der Waals surface area contributed by atoms with E-state index in [1.54, 1.807) is 6.33 Å². The van der Waals surface area contributed by atoms with Crippen molar-refractivity contribution >= 4 is 17.0 Å². The second-order valence-electron chi connectivity index (χ2n) is 3.96. The van der Waals surface area contributed by atoms with Gasteiger partial charge in [-0.15, -0.1) is 0 Å². The standard InChI is InChI=1S/C14H16N2O2/c1-3-11(14(17)18-2)8-9-16-10-15-12-6-4-5-7-13(12)16/h4-8,10H,3,9H2,1-2H3. The van der Waals surface area contributed by atoms with Crippen molar-refractivity contribution in [3.05, 3.63) is 42.2 Å². The van der Waals surface area contributed by atoms with Crippen molar-refractivity contribution in [3.63, 3.8) is 0 Å². The number of hydrogen-bond acceptors (Lipinski definition) is 3. The second kappa shape index (κ2) is 5.49. The number of aromatic nitrogens is 2. The van der Waals surface area contributed by atoms with E-state index in [1.165, 1.54) is 7.11 Å². The number of nitrogens with zero attached hydrogens (tertiary/aromatic N) is 2. The van der Waals surface area contributed by atoms with Crippen LogP contribution in [0.5, 0.6) is 0 Å². The van der Waals surface area contributed by atoms with Gasteiger partial charge in [0.2, 0.25) is 0 Å². The van der Waals surface area contributed by atoms with Crippen LogP contribution >= 0.6 is 0 Å². The van der Waals surface area contributed by atoms with E-state index in [0.717, 1.165) is 11.0 Å². The minimum atomic E-state index is -0.262. The van der Waals surface area contributed by atoms with Gasteiger partial charge in [-0.3, -0.25) is 0 Å². The van der Waals surface area contributed by atoms with E-state index >= 15 is 0 Å². The van der Waals surface area contributed by atoms with Gasteiger partial charge in [0.05, 0.1) is 24.5 Å². The third-order valence-corrected chi connectivity index (χ3v) is 2.89. The van der Waals surface area contributed by atoms with E-state index < -0.39 is 0 Å². The summed E-state index contributed by atoms with van der Waals surface area (Å²) < 4.78 is 6.74. The van der Waals surface area contributed by atoms with Crippen LogP contribution in [0.1, 0.15) is 13.3 Å². The Kier molecular flexibility index (Phi) is 3.77. The van der Waals surface area contributed by atoms with Crippen LogP contribution in [-0.2, 0) is 16.1 Å². The van der Waals surface area contributed by atoms with Gasteiger partial charge in [0.1, 0.15) is 0 Å². The molecule has 0 radical (unpaired) electrons. The maximum atomic E-state index is 11.5. The number of ether oxygens (including phenoxy) is 1. The van der Waals surface area contributed by atoms with Gasteiger partial charge in [0, 0.05) is 12.1 Å². The molecule has 0 aliphatic carbocycles. The first-order chi connectivity index (χ1) is 8.76. The monoisotopic (exact) mass is 244 g/mol. The lowest BCUT2D eigenvalue weighted by Gasteiger charge is -2.04. The number of hydrogen-bond donors (Lipinski definition) is 0. The minimum Gasteiger partial charge on any atom is -0.466 e. The molecule has 2 aromatic rings. The highest BCUT2D eigenvalue weighted by molar-refractivity contribution is 5.88. The van der Waals surface area contributed by atoms with Crippen LogP contribution in [0, 0.1) is 0 Å². The summed E-state index contributed by atoms with van der Waals surface area (Å²) in [7, 11) is 1.40. The van der Waals surface area contributed by atoms with Gasteiger partial charge in [-0.25, -0.2) is 9.78 Å². The summed E-state index contributed by atoms with van der Waals surface area (Å²) in [5.74, 6) is -0.262. The molecule has 0 aliphatic rings. The van der Waals surface area contributed by atoms with E-state index in [1.807, 2.05) is 41.8 Å². The maximum absolute atomic E-state index is 11.5. The first kappa shape index (κ1) is 12.4. The summed E-state index contributed by atoms with van der Waals surface area (Å²) in [5.41, 5.74) is 2.71. The maximum Gasteiger partial charge on any atom is 0.333 e. The molecule has 0 saturated heterocycles. The van der Waals surface area contributed by atoms with Gasteiger partial charge < -0.3 is 9.30 Å². The molecule has 1 aromatic carbocycles. The van der Waals surface area contributed by atoms with Crippen molar-refractivity contribution in [3.8, 4) is 0 Å². The number of imidazole rings is 1. The second-order valence-corrected chi connectivity index (χ2v) is 3.96. The molecule has 0 aliphatic heterocycles. The summed E-state index contributed by atoms with van der Waals surface area (Å²) in [6.07, 6.45) is 4.34. The summed E-state index contributed by atoms with van der Waals surface area (Å²) in [6.45, 7) is 2.56. The number of allylic oxidation sites excluding steroid dienone is 1. The highest BCUT2D eigenvalue weighted by Gasteiger charge is 2.07. The molecule has 0 amide bonds. The highest BCUT2D eigenvalue weighted by Crippen LogP contribution is 2.12. The first-order valence-electron chi connectivity index (χ1n) is 5.93. The number of benzene rings is 1. The fourth-order valence-corrected chi connectivity index (χ4v) is 1.87. The molecule has 4 nitrogen and oxygen atoms in total. The van der Waals surface area contributed by atoms with Crippen LogP contribution in [0.2, 0.25) is 0 Å². The highest BCUT2D eigenvalue weighted by atomic mass is 16.5. The Labute approximate surface area is 106 Å². The largest absolute Gasteiger partial charge is 0.466 e. The van der Waals surface area contributed by atoms with Gasteiger partial charge in [-0.05, 0) is 18.6 Å². The fraction of sp³-hybridized carbons (Fsp3) is 0.286. The zero-order chi connectivity index (χ0) is 13.0. The molecule has 2 rings (SSSR count). The number of carbonyl (C=O) groups is 1. The molecule has 0 atom stereocenters. The number of methoxy groups -OCH3 is 1. The van der Waals surface area contributed by atoms with Crippen LogP contribution in [0.15, 0.2) is 42.2 Å². The van der Waals surface area contributed by atoms with E-state index in [2.05, 4.69) is 4.98 Å². The lowest BCUT2D eigenvalue weighted by atomic mass is 10.2. The smallest absolute Gasteiger partial charge is 0.333 e. The summed E-state index contributed by atoms with van der Waals surface area (Å²) >= 11 is 0. The molecule has 4 heteroatoms. The fourth-order valence-electron chi connectivity index (χ4n) is 1.87. The summed E-state index contributed by atoms with van der Waals surface area (Å²) in [4.78, 5) is 15.8. The number of carbonyl (C=O) groups excluding carboxylic acids is 1. The zero-order valence-electron chi connectivity index (χ0n) is 10.6. The molecule has 0 saturated carbocycles. The number of esters is 1. The van der Waals surface area contributed by atoms with E-state index in [0.29, 0.717) is 18.5 Å². The molecule has 0 fully saturated rings. The van der Waals surface area contributed by atoms with E-state index in [-0.39, 0.29) is 5.97 Å². The van der Waals surface area contributed by atoms with Crippen molar-refractivity contribution in [2.45, 2.75) is 19.9 Å². The Bertz CT molecular complexity index is 584. The van der Waals surface area contributed by atoms with Crippen LogP contribution in [0.25, 0.3) is 11.0 Å². The lowest BCUT2D eigenvalue weighted by molar-refractivity contribution is -0.136. The Hall–Kier alpha value is -2.10. The molecular formula is C14H16N2O2. The van der Waals surface area contributed by atoms with Gasteiger partial charge in [-0.2, -0.15) is 0 Å². The Balaban J connectivity index is 2.23. The van der Waals surface area contributed by atoms with Gasteiger partial charge in [0.15, 0.2) is 0 Å². The summed E-state index contributed by atoms with van der Waals surface area (Å²) in [6, 6.07) is 7.92. The quantitative estimate of drug-likeness (QED) is 0.613. The number of fused-ring (bicyclic) bond motifs is 1. The van der Waals surface area contributed by atoms with Crippen molar-refractivity contribution in [1.82, 2.24) is 9.55 Å². The minimum absolute atomic E-state index is 0.262. The Morgan fingerprint density at radius 3 is 2.94 bits per heavy atom. The molecule has 94 valence electrons. The lowest BCUT2D eigenvalue weighted by Crippen LogP contribution is -2.05. The number of para-hydroxylation sites is 2. The van der Waals surface area contributed by atoms with Crippen LogP contribution in [-0.4, -0.2) is 22.6 Å². The molecule has 18 heavy (non-hydrogen) atoms. The van der Waals surface area contributed by atoms with Crippen LogP contribution < -0.4 is 0 Å². The number of rotatable bonds is 4. The van der Waals surface area contributed by atoms with Crippen molar-refractivity contribution in [2.24, 2.45) is 0 Å². The first-order valence-corrected chi connectivity index (χ1v) is 5.93. The van der Waals surface area contributed by atoms with E-state index in [4.69, 9.17) is 4.74 Å². The molecule has 0 unspecified atom stereocenters. The van der Waals surface area contributed by atoms with Crippen molar-refractivity contribution in [2.75, 3.05) is 7.11 Å². The average Bonchev–Trinajstić information content (AvgIpc) is 2.82. The summed E-state index contributed by atoms with van der Waals surface area (Å²) in [5, 5.41) is 0. The van der Waals surface area contributed by atoms with E-state index in [9.17, 15) is 4.79 Å². The van der Waals surface area contributed by atoms with Crippen LogP contribution in [0.3, 0.4) is 0 Å².